The third-order valence-corrected chi connectivity index (χ3v) is 3.29. The van der Waals surface area contributed by atoms with Crippen LogP contribution in [0.15, 0.2) is 27.4 Å². The molecule has 2 aromatic rings. The van der Waals surface area contributed by atoms with Crippen LogP contribution >= 0.6 is 0 Å². The van der Waals surface area contributed by atoms with Gasteiger partial charge in [-0.3, -0.25) is 4.79 Å². The maximum absolute atomic E-state index is 11.4. The standard InChI is InChI=1S/C10H9NO5S/c1-6(12)7-3-4-9-8(5-7)11(10(13)16-9)17(2,14)15/h3-5H,1-2H3. The van der Waals surface area contributed by atoms with Crippen LogP contribution in [-0.2, 0) is 10.0 Å². The van der Waals surface area contributed by atoms with E-state index in [9.17, 15) is 18.0 Å². The maximum atomic E-state index is 11.4. The van der Waals surface area contributed by atoms with Crippen LogP contribution < -0.4 is 5.76 Å². The van der Waals surface area contributed by atoms with Crippen molar-refractivity contribution in [1.29, 1.82) is 0 Å². The SMILES string of the molecule is CC(=O)c1ccc2oc(=O)n(S(C)(=O)=O)c2c1. The number of carbonyl (C=O) groups is 1. The Morgan fingerprint density at radius 3 is 2.53 bits per heavy atom. The van der Waals surface area contributed by atoms with E-state index in [2.05, 4.69) is 0 Å². The predicted octanol–water partition coefficient (Wildman–Crippen LogP) is 0.605. The third kappa shape index (κ3) is 1.89. The van der Waals surface area contributed by atoms with E-state index in [1.807, 2.05) is 0 Å². The number of Topliss-reactive ketones (excluding diaryl/α,β-unsaturated/α-hetero) is 1. The van der Waals surface area contributed by atoms with Gasteiger partial charge in [-0.2, -0.15) is 3.97 Å². The van der Waals surface area contributed by atoms with E-state index >= 15 is 0 Å². The van der Waals surface area contributed by atoms with Crippen molar-refractivity contribution in [3.05, 3.63) is 34.3 Å². The number of rotatable bonds is 2. The van der Waals surface area contributed by atoms with Crippen LogP contribution in [0.1, 0.15) is 17.3 Å². The summed E-state index contributed by atoms with van der Waals surface area (Å²) in [5.74, 6) is -1.20. The predicted molar refractivity (Wildman–Crippen MR) is 60.7 cm³/mol. The molecule has 1 aromatic carbocycles. The van der Waals surface area contributed by atoms with E-state index in [4.69, 9.17) is 4.42 Å². The molecule has 0 atom stereocenters. The summed E-state index contributed by atoms with van der Waals surface area (Å²) in [5, 5.41) is 0. The van der Waals surface area contributed by atoms with E-state index in [1.165, 1.54) is 25.1 Å². The van der Waals surface area contributed by atoms with Gasteiger partial charge in [-0.15, -0.1) is 0 Å². The molecule has 17 heavy (non-hydrogen) atoms. The normalized spacial score (nSPS) is 11.9. The Labute approximate surface area is 96.5 Å². The first kappa shape index (κ1) is 11.6. The molecule has 0 fully saturated rings. The van der Waals surface area contributed by atoms with E-state index in [0.717, 1.165) is 6.26 Å². The summed E-state index contributed by atoms with van der Waals surface area (Å²) < 4.78 is 28.2. The molecule has 0 saturated heterocycles. The number of fused-ring (bicyclic) bond motifs is 1. The van der Waals surface area contributed by atoms with Gasteiger partial charge in [0.1, 0.15) is 5.52 Å². The molecule has 0 saturated carbocycles. The van der Waals surface area contributed by atoms with E-state index in [-0.39, 0.29) is 16.9 Å². The molecule has 90 valence electrons. The zero-order valence-electron chi connectivity index (χ0n) is 9.13. The zero-order valence-corrected chi connectivity index (χ0v) is 9.95. The zero-order chi connectivity index (χ0) is 12.8. The van der Waals surface area contributed by atoms with Gasteiger partial charge >= 0.3 is 5.76 Å². The maximum Gasteiger partial charge on any atom is 0.434 e. The summed E-state index contributed by atoms with van der Waals surface area (Å²) in [5.41, 5.74) is 0.520. The van der Waals surface area contributed by atoms with Gasteiger partial charge in [0, 0.05) is 5.56 Å². The fourth-order valence-electron chi connectivity index (χ4n) is 1.53. The minimum absolute atomic E-state index is 0.0743. The van der Waals surface area contributed by atoms with Crippen LogP contribution in [0.4, 0.5) is 0 Å². The fraction of sp³-hybridized carbons (Fsp3) is 0.200. The van der Waals surface area contributed by atoms with Crippen LogP contribution in [0.5, 0.6) is 0 Å². The van der Waals surface area contributed by atoms with Crippen LogP contribution in [0.25, 0.3) is 11.1 Å². The Bertz CT molecular complexity index is 766. The van der Waals surface area contributed by atoms with Crippen molar-refractivity contribution in [3.8, 4) is 0 Å². The molecular formula is C10H9NO5S. The molecule has 0 amide bonds. The fourth-order valence-corrected chi connectivity index (χ4v) is 2.34. The summed E-state index contributed by atoms with van der Waals surface area (Å²) in [6, 6.07) is 4.19. The second kappa shape index (κ2) is 3.56. The average molecular weight is 255 g/mol. The molecule has 0 unspecified atom stereocenters. The van der Waals surface area contributed by atoms with Gasteiger partial charge in [-0.1, -0.05) is 0 Å². The number of hydrogen-bond acceptors (Lipinski definition) is 5. The van der Waals surface area contributed by atoms with Crippen molar-refractivity contribution in [1.82, 2.24) is 3.97 Å². The molecule has 0 aliphatic rings. The van der Waals surface area contributed by atoms with E-state index in [0.29, 0.717) is 9.54 Å². The first-order valence-corrected chi connectivity index (χ1v) is 6.52. The van der Waals surface area contributed by atoms with Gasteiger partial charge in [0.15, 0.2) is 11.4 Å². The smallest absolute Gasteiger partial charge is 0.407 e. The van der Waals surface area contributed by atoms with Crippen molar-refractivity contribution in [2.24, 2.45) is 0 Å². The highest BCUT2D eigenvalue weighted by atomic mass is 32.2. The van der Waals surface area contributed by atoms with Crippen molar-refractivity contribution in [3.63, 3.8) is 0 Å². The Hall–Kier alpha value is -1.89. The number of ketones is 1. The first-order chi connectivity index (χ1) is 7.80. The molecule has 0 aliphatic carbocycles. The van der Waals surface area contributed by atoms with Gasteiger partial charge in [0.25, 0.3) is 0 Å². The number of oxazole rings is 1. The first-order valence-electron chi connectivity index (χ1n) is 4.68. The van der Waals surface area contributed by atoms with Gasteiger partial charge < -0.3 is 4.42 Å². The monoisotopic (exact) mass is 255 g/mol. The third-order valence-electron chi connectivity index (χ3n) is 2.28. The Balaban J connectivity index is 2.93. The van der Waals surface area contributed by atoms with Gasteiger partial charge in [-0.05, 0) is 25.1 Å². The average Bonchev–Trinajstić information content (AvgIpc) is 2.51. The van der Waals surface area contributed by atoms with E-state index in [1.54, 1.807) is 0 Å². The van der Waals surface area contributed by atoms with Crippen molar-refractivity contribution < 1.29 is 17.6 Å². The summed E-state index contributed by atoms with van der Waals surface area (Å²) in [6.45, 7) is 1.35. The number of nitrogens with zero attached hydrogens (tertiary/aromatic N) is 1. The molecule has 0 N–H and O–H groups in total. The molecule has 1 aromatic heterocycles. The molecule has 0 radical (unpaired) electrons. The van der Waals surface area contributed by atoms with Gasteiger partial charge in [-0.25, -0.2) is 13.2 Å². The largest absolute Gasteiger partial charge is 0.434 e. The van der Waals surface area contributed by atoms with Crippen LogP contribution in [0.3, 0.4) is 0 Å². The topological polar surface area (TPSA) is 86.3 Å². The van der Waals surface area contributed by atoms with Crippen LogP contribution in [0.2, 0.25) is 0 Å². The number of carbonyl (C=O) groups excluding carboxylic acids is 1. The number of hydrogen-bond donors (Lipinski definition) is 0. The lowest BCUT2D eigenvalue weighted by molar-refractivity contribution is 0.101. The molecular weight excluding hydrogens is 246 g/mol. The minimum atomic E-state index is -3.76. The molecule has 6 nitrogen and oxygen atoms in total. The molecule has 7 heteroatoms. The molecule has 0 spiro atoms. The quantitative estimate of drug-likeness (QED) is 0.733. The lowest BCUT2D eigenvalue weighted by Crippen LogP contribution is -2.21. The Morgan fingerprint density at radius 2 is 2.00 bits per heavy atom. The van der Waals surface area contributed by atoms with E-state index < -0.39 is 15.8 Å². The van der Waals surface area contributed by atoms with Gasteiger partial charge in [0.05, 0.1) is 6.26 Å². The Morgan fingerprint density at radius 1 is 1.35 bits per heavy atom. The summed E-state index contributed by atoms with van der Waals surface area (Å²) in [4.78, 5) is 22.6. The number of benzene rings is 1. The van der Waals surface area contributed by atoms with Crippen molar-refractivity contribution in [2.45, 2.75) is 6.92 Å². The highest BCUT2D eigenvalue weighted by Crippen LogP contribution is 2.16. The molecule has 0 aliphatic heterocycles. The summed E-state index contributed by atoms with van der Waals surface area (Å²) in [6.07, 6.45) is 0.893. The molecule has 0 bridgehead atoms. The minimum Gasteiger partial charge on any atom is -0.407 e. The molecule has 2 rings (SSSR count). The Kier molecular flexibility index (Phi) is 2.43. The highest BCUT2D eigenvalue weighted by molar-refractivity contribution is 7.89. The van der Waals surface area contributed by atoms with Gasteiger partial charge in [0.2, 0.25) is 10.0 Å². The summed E-state index contributed by atoms with van der Waals surface area (Å²) in [7, 11) is -3.76. The second-order valence-corrected chi connectivity index (χ2v) is 5.47. The molecule has 1 heterocycles. The highest BCUT2D eigenvalue weighted by Gasteiger charge is 2.18. The van der Waals surface area contributed by atoms with Crippen molar-refractivity contribution >= 4 is 26.9 Å². The second-order valence-electron chi connectivity index (χ2n) is 3.63. The lowest BCUT2D eigenvalue weighted by atomic mass is 10.1. The summed E-state index contributed by atoms with van der Waals surface area (Å²) >= 11 is 0. The van der Waals surface area contributed by atoms with Crippen LogP contribution in [0, 0.1) is 0 Å². The lowest BCUT2D eigenvalue weighted by Gasteiger charge is -1.99. The van der Waals surface area contributed by atoms with Crippen LogP contribution in [-0.4, -0.2) is 24.4 Å². The number of aromatic nitrogens is 1. The van der Waals surface area contributed by atoms with Crippen molar-refractivity contribution in [2.75, 3.05) is 6.26 Å².